The van der Waals surface area contributed by atoms with Crippen LogP contribution in [0, 0.1) is 24.0 Å². The highest BCUT2D eigenvalue weighted by Crippen LogP contribution is 2.25. The first kappa shape index (κ1) is 22.0. The number of aryl methyl sites for hydroxylation is 2. The number of ether oxygens (including phenoxy) is 1. The minimum atomic E-state index is -1.03. The van der Waals surface area contributed by atoms with Crippen molar-refractivity contribution in [3.05, 3.63) is 73.8 Å². The summed E-state index contributed by atoms with van der Waals surface area (Å²) in [6.07, 6.45) is -1.03. The summed E-state index contributed by atoms with van der Waals surface area (Å²) < 4.78 is 5.07. The molecule has 0 aliphatic carbocycles. The Morgan fingerprint density at radius 2 is 1.76 bits per heavy atom. The summed E-state index contributed by atoms with van der Waals surface area (Å²) in [6.45, 7) is 4.74. The number of esters is 1. The Labute approximate surface area is 172 Å². The Bertz CT molecular complexity index is 989. The van der Waals surface area contributed by atoms with Crippen molar-refractivity contribution < 1.29 is 24.0 Å². The minimum Gasteiger partial charge on any atom is -0.453 e. The highest BCUT2D eigenvalue weighted by Gasteiger charge is 2.21. The predicted octanol–water partition coefficient (Wildman–Crippen LogP) is 3.41. The fourth-order valence-electron chi connectivity index (χ4n) is 2.47. The number of carbonyl (C=O) groups is 3. The van der Waals surface area contributed by atoms with Gasteiger partial charge in [-0.2, -0.15) is 0 Å². The zero-order valence-electron chi connectivity index (χ0n) is 16.0. The van der Waals surface area contributed by atoms with Crippen LogP contribution >= 0.6 is 11.6 Å². The number of rotatable bonds is 7. The molecule has 2 aromatic rings. The first-order valence-electron chi connectivity index (χ1n) is 8.63. The van der Waals surface area contributed by atoms with Crippen molar-refractivity contribution in [3.8, 4) is 0 Å². The molecule has 0 unspecified atom stereocenters. The van der Waals surface area contributed by atoms with E-state index in [1.165, 1.54) is 19.1 Å². The molecule has 1 atom stereocenters. The van der Waals surface area contributed by atoms with Gasteiger partial charge in [0, 0.05) is 17.2 Å². The maximum atomic E-state index is 12.4. The Kier molecular flexibility index (Phi) is 7.06. The number of hydrogen-bond acceptors (Lipinski definition) is 6. The molecule has 0 aliphatic heterocycles. The van der Waals surface area contributed by atoms with E-state index < -0.39 is 35.1 Å². The lowest BCUT2D eigenvalue weighted by Crippen LogP contribution is -2.34. The molecular formula is C20H19ClN2O6. The molecule has 0 radical (unpaired) electrons. The molecule has 2 rings (SSSR count). The highest BCUT2D eigenvalue weighted by atomic mass is 35.5. The number of halogens is 1. The number of amides is 1. The van der Waals surface area contributed by atoms with Crippen LogP contribution < -0.4 is 5.32 Å². The molecule has 0 bridgehead atoms. The standard InChI is InChI=1S/C20H19ClN2O6/c1-11-4-5-14(8-12(11)2)19(25)13(3)29-18(24)10-22-20(26)15-6-7-16(21)17(9-15)23(27)28/h4-9,13H,10H2,1-3H3,(H,22,26)/t13-/m0/s1. The molecule has 0 aromatic heterocycles. The summed E-state index contributed by atoms with van der Waals surface area (Å²) in [5.74, 6) is -1.89. The van der Waals surface area contributed by atoms with Gasteiger partial charge in [-0.3, -0.25) is 24.5 Å². The molecule has 152 valence electrons. The van der Waals surface area contributed by atoms with Crippen molar-refractivity contribution in [2.75, 3.05) is 6.54 Å². The fourth-order valence-corrected chi connectivity index (χ4v) is 2.66. The zero-order valence-corrected chi connectivity index (χ0v) is 16.8. The number of carbonyl (C=O) groups excluding carboxylic acids is 3. The Balaban J connectivity index is 1.94. The maximum absolute atomic E-state index is 12.4. The second-order valence-corrected chi connectivity index (χ2v) is 6.81. The number of benzene rings is 2. The van der Waals surface area contributed by atoms with Crippen molar-refractivity contribution in [2.45, 2.75) is 26.9 Å². The summed E-state index contributed by atoms with van der Waals surface area (Å²) in [4.78, 5) is 46.6. The second-order valence-electron chi connectivity index (χ2n) is 6.40. The van der Waals surface area contributed by atoms with Crippen LogP contribution in [0.15, 0.2) is 36.4 Å². The van der Waals surface area contributed by atoms with E-state index >= 15 is 0 Å². The monoisotopic (exact) mass is 418 g/mol. The number of nitrogens with zero attached hydrogens (tertiary/aromatic N) is 1. The molecule has 9 heteroatoms. The number of ketones is 1. The minimum absolute atomic E-state index is 0.0341. The van der Waals surface area contributed by atoms with Gasteiger partial charge in [0.05, 0.1) is 4.92 Å². The highest BCUT2D eigenvalue weighted by molar-refractivity contribution is 6.32. The molecule has 2 aromatic carbocycles. The first-order valence-corrected chi connectivity index (χ1v) is 9.01. The van der Waals surface area contributed by atoms with Crippen molar-refractivity contribution in [3.63, 3.8) is 0 Å². The van der Waals surface area contributed by atoms with Crippen LogP contribution in [0.2, 0.25) is 5.02 Å². The van der Waals surface area contributed by atoms with E-state index in [1.54, 1.807) is 12.1 Å². The number of hydrogen-bond donors (Lipinski definition) is 1. The van der Waals surface area contributed by atoms with Gasteiger partial charge in [-0.15, -0.1) is 0 Å². The van der Waals surface area contributed by atoms with Crippen LogP contribution in [0.1, 0.15) is 38.8 Å². The van der Waals surface area contributed by atoms with Crippen LogP contribution in [-0.2, 0) is 9.53 Å². The molecule has 0 spiro atoms. The largest absolute Gasteiger partial charge is 0.453 e. The van der Waals surface area contributed by atoms with Crippen LogP contribution in [0.3, 0.4) is 0 Å². The van der Waals surface area contributed by atoms with E-state index in [4.69, 9.17) is 16.3 Å². The van der Waals surface area contributed by atoms with Crippen molar-refractivity contribution in [1.29, 1.82) is 0 Å². The Morgan fingerprint density at radius 3 is 2.38 bits per heavy atom. The van der Waals surface area contributed by atoms with Crippen molar-refractivity contribution >= 4 is 34.9 Å². The van der Waals surface area contributed by atoms with E-state index in [0.717, 1.165) is 17.2 Å². The van der Waals surface area contributed by atoms with Gasteiger partial charge in [0.25, 0.3) is 11.6 Å². The Morgan fingerprint density at radius 1 is 1.10 bits per heavy atom. The smallest absolute Gasteiger partial charge is 0.326 e. The average Bonchev–Trinajstić information content (AvgIpc) is 2.67. The third-order valence-corrected chi connectivity index (χ3v) is 4.59. The first-order chi connectivity index (χ1) is 13.6. The molecule has 0 saturated carbocycles. The van der Waals surface area contributed by atoms with Gasteiger partial charge < -0.3 is 10.1 Å². The summed E-state index contributed by atoms with van der Waals surface area (Å²) in [5, 5.41) is 13.1. The zero-order chi connectivity index (χ0) is 21.7. The summed E-state index contributed by atoms with van der Waals surface area (Å²) in [7, 11) is 0. The van der Waals surface area contributed by atoms with Gasteiger partial charge in [-0.05, 0) is 50.1 Å². The lowest BCUT2D eigenvalue weighted by Gasteiger charge is -2.13. The van der Waals surface area contributed by atoms with E-state index in [0.29, 0.717) is 5.56 Å². The SMILES string of the molecule is Cc1ccc(C(=O)[C@H](C)OC(=O)CNC(=O)c2ccc(Cl)c([N+](=O)[O-])c2)cc1C. The van der Waals surface area contributed by atoms with Crippen LogP contribution in [0.25, 0.3) is 0 Å². The van der Waals surface area contributed by atoms with Gasteiger partial charge >= 0.3 is 5.97 Å². The molecule has 8 nitrogen and oxygen atoms in total. The summed E-state index contributed by atoms with van der Waals surface area (Å²) in [6, 6.07) is 8.71. The molecule has 0 aliphatic rings. The third kappa shape index (κ3) is 5.61. The molecule has 29 heavy (non-hydrogen) atoms. The Hall–Kier alpha value is -3.26. The van der Waals surface area contributed by atoms with Gasteiger partial charge in [-0.25, -0.2) is 0 Å². The second kappa shape index (κ2) is 9.29. The predicted molar refractivity (Wildman–Crippen MR) is 106 cm³/mol. The third-order valence-electron chi connectivity index (χ3n) is 4.27. The van der Waals surface area contributed by atoms with Crippen LogP contribution in [-0.4, -0.2) is 35.2 Å². The van der Waals surface area contributed by atoms with E-state index in [9.17, 15) is 24.5 Å². The molecular weight excluding hydrogens is 400 g/mol. The number of nitro benzene ring substituents is 1. The molecule has 0 heterocycles. The van der Waals surface area contributed by atoms with Gasteiger partial charge in [-0.1, -0.05) is 23.7 Å². The quantitative estimate of drug-likeness (QED) is 0.319. The van der Waals surface area contributed by atoms with E-state index in [2.05, 4.69) is 5.32 Å². The van der Waals surface area contributed by atoms with Gasteiger partial charge in [0.15, 0.2) is 6.10 Å². The lowest BCUT2D eigenvalue weighted by atomic mass is 10.0. The lowest BCUT2D eigenvalue weighted by molar-refractivity contribution is -0.384. The fraction of sp³-hybridized carbons (Fsp3) is 0.250. The van der Waals surface area contributed by atoms with E-state index in [-0.39, 0.29) is 16.4 Å². The molecule has 0 saturated heterocycles. The van der Waals surface area contributed by atoms with Crippen molar-refractivity contribution in [1.82, 2.24) is 5.32 Å². The van der Waals surface area contributed by atoms with E-state index in [1.807, 2.05) is 19.9 Å². The van der Waals surface area contributed by atoms with Crippen LogP contribution in [0.5, 0.6) is 0 Å². The average molecular weight is 419 g/mol. The van der Waals surface area contributed by atoms with Gasteiger partial charge in [0.1, 0.15) is 11.6 Å². The number of nitrogens with one attached hydrogen (secondary N) is 1. The molecule has 1 N–H and O–H groups in total. The van der Waals surface area contributed by atoms with Gasteiger partial charge in [0.2, 0.25) is 5.78 Å². The summed E-state index contributed by atoms with van der Waals surface area (Å²) in [5.41, 5.74) is 1.95. The maximum Gasteiger partial charge on any atom is 0.326 e. The molecule has 0 fully saturated rings. The normalized spacial score (nSPS) is 11.4. The summed E-state index contributed by atoms with van der Waals surface area (Å²) >= 11 is 5.70. The number of nitro groups is 1. The topological polar surface area (TPSA) is 116 Å². The van der Waals surface area contributed by atoms with Crippen molar-refractivity contribution in [2.24, 2.45) is 0 Å². The van der Waals surface area contributed by atoms with Crippen LogP contribution in [0.4, 0.5) is 5.69 Å². The number of Topliss-reactive ketones (excluding diaryl/α,β-unsaturated/α-hetero) is 1. The molecule has 1 amide bonds.